The van der Waals surface area contributed by atoms with E-state index in [9.17, 15) is 28.6 Å². The molecule has 1 aromatic heterocycles. The number of hydrogen-bond acceptors (Lipinski definition) is 5. The Hall–Kier alpha value is -2.08. The first-order valence-electron chi connectivity index (χ1n) is 15.6. The van der Waals surface area contributed by atoms with E-state index in [1.54, 1.807) is 12.3 Å². The standard InChI is InChI=1S/C28H31F3N2O2.C6H14.CH4S/c1-15(2)26-23-18(16-7-8-19(28(29,30)31)17(11-16)14-32)5-3-4-6-21(34)25(23)24-20(33-26)12-27(9-10-27)13-22(24)35;1-5-6(2,3)4;1-2/h7-8,11,15,18,21-22,34-35H,3-6,9-10,12-13H2,1-2H3;5H2,1-4H3;2H,1H3. The molecule has 3 aliphatic carbocycles. The number of benzene rings is 1. The quantitative estimate of drug-likeness (QED) is 0.293. The maximum Gasteiger partial charge on any atom is 0.417 e. The third kappa shape index (κ3) is 8.15. The number of pyridine rings is 1. The van der Waals surface area contributed by atoms with Gasteiger partial charge in [-0.15, -0.1) is 0 Å². The van der Waals surface area contributed by atoms with Gasteiger partial charge in [0.15, 0.2) is 0 Å². The van der Waals surface area contributed by atoms with Crippen molar-refractivity contribution >= 4 is 12.6 Å². The lowest BCUT2D eigenvalue weighted by molar-refractivity contribution is -0.137. The van der Waals surface area contributed by atoms with E-state index in [0.29, 0.717) is 30.2 Å². The van der Waals surface area contributed by atoms with Crippen molar-refractivity contribution in [1.82, 2.24) is 4.98 Å². The molecule has 1 spiro atoms. The number of aliphatic hydroxyl groups excluding tert-OH is 2. The summed E-state index contributed by atoms with van der Waals surface area (Å²) in [7, 11) is 0. The molecule has 1 fully saturated rings. The first kappa shape index (κ1) is 35.4. The normalized spacial score (nSPS) is 22.5. The van der Waals surface area contributed by atoms with Crippen molar-refractivity contribution in [3.8, 4) is 6.07 Å². The smallest absolute Gasteiger partial charge is 0.388 e. The van der Waals surface area contributed by atoms with Gasteiger partial charge in [-0.05, 0) is 90.4 Å². The van der Waals surface area contributed by atoms with E-state index >= 15 is 0 Å². The Morgan fingerprint density at radius 3 is 2.14 bits per heavy atom. The van der Waals surface area contributed by atoms with Crippen LogP contribution in [0.15, 0.2) is 18.2 Å². The molecular weight excluding hydrogens is 569 g/mol. The van der Waals surface area contributed by atoms with Gasteiger partial charge >= 0.3 is 6.18 Å². The number of nitriles is 1. The first-order chi connectivity index (χ1) is 20.1. The van der Waals surface area contributed by atoms with E-state index in [1.807, 2.05) is 13.8 Å². The molecule has 3 atom stereocenters. The van der Waals surface area contributed by atoms with E-state index in [-0.39, 0.29) is 17.3 Å². The highest BCUT2D eigenvalue weighted by Crippen LogP contribution is 2.59. The molecule has 5 rings (SSSR count). The van der Waals surface area contributed by atoms with E-state index in [4.69, 9.17) is 4.98 Å². The summed E-state index contributed by atoms with van der Waals surface area (Å²) in [6, 6.07) is 5.54. The van der Waals surface area contributed by atoms with E-state index in [2.05, 4.69) is 40.3 Å². The van der Waals surface area contributed by atoms with Crippen molar-refractivity contribution in [2.75, 3.05) is 6.26 Å². The van der Waals surface area contributed by atoms with Gasteiger partial charge in [0.05, 0.1) is 29.4 Å². The molecule has 3 aliphatic rings. The lowest BCUT2D eigenvalue weighted by Gasteiger charge is -2.37. The van der Waals surface area contributed by atoms with Crippen LogP contribution in [0.4, 0.5) is 13.2 Å². The average Bonchev–Trinajstić information content (AvgIpc) is 3.68. The molecule has 2 N–H and O–H groups in total. The third-order valence-electron chi connectivity index (χ3n) is 9.26. The van der Waals surface area contributed by atoms with Crippen molar-refractivity contribution in [2.24, 2.45) is 10.8 Å². The molecule has 0 saturated heterocycles. The minimum atomic E-state index is -4.61. The number of rotatable bonds is 2. The first-order valence-corrected chi connectivity index (χ1v) is 16.5. The Bertz CT molecular complexity index is 1310. The highest BCUT2D eigenvalue weighted by atomic mass is 32.1. The summed E-state index contributed by atoms with van der Waals surface area (Å²) in [5, 5.41) is 32.1. The maximum absolute atomic E-state index is 13.5. The number of thiol groups is 1. The van der Waals surface area contributed by atoms with Gasteiger partial charge in [0.1, 0.15) is 0 Å². The number of aromatic nitrogens is 1. The SMILES string of the molecule is CC(C)c1nc2c(c3c1C(c1ccc(C(F)(F)F)c(C#N)c1)CCCCC3O)C(O)CC1(CC1)C2.CCC(C)(C)C.CS. The lowest BCUT2D eigenvalue weighted by atomic mass is 9.72. The van der Waals surface area contributed by atoms with Gasteiger partial charge in [-0.3, -0.25) is 4.98 Å². The van der Waals surface area contributed by atoms with Crippen LogP contribution < -0.4 is 0 Å². The second-order valence-electron chi connectivity index (χ2n) is 13.9. The molecule has 0 radical (unpaired) electrons. The van der Waals surface area contributed by atoms with Crippen molar-refractivity contribution in [1.29, 1.82) is 5.26 Å². The van der Waals surface area contributed by atoms with E-state index < -0.39 is 29.5 Å². The predicted molar refractivity (Wildman–Crippen MR) is 169 cm³/mol. The number of hydrogen-bond donors (Lipinski definition) is 3. The van der Waals surface area contributed by atoms with Crippen molar-refractivity contribution < 1.29 is 23.4 Å². The van der Waals surface area contributed by atoms with Gasteiger partial charge in [0.2, 0.25) is 0 Å². The summed E-state index contributed by atoms with van der Waals surface area (Å²) in [6.07, 6.45) is 3.31. The zero-order valence-corrected chi connectivity index (χ0v) is 27.7. The summed E-state index contributed by atoms with van der Waals surface area (Å²) in [5.41, 5.74) is 3.94. The summed E-state index contributed by atoms with van der Waals surface area (Å²) in [6.45, 7) is 13.0. The van der Waals surface area contributed by atoms with Crippen LogP contribution in [0.3, 0.4) is 0 Å². The Kier molecular flexibility index (Phi) is 11.5. The number of aliphatic hydroxyl groups is 2. The van der Waals surface area contributed by atoms with Crippen LogP contribution in [0.25, 0.3) is 0 Å². The molecule has 0 amide bonds. The zero-order chi connectivity index (χ0) is 32.3. The monoisotopic (exact) mass is 618 g/mol. The highest BCUT2D eigenvalue weighted by Gasteiger charge is 2.50. The Balaban J connectivity index is 0.000000566. The summed E-state index contributed by atoms with van der Waals surface area (Å²) in [4.78, 5) is 5.08. The maximum atomic E-state index is 13.5. The predicted octanol–water partition coefficient (Wildman–Crippen LogP) is 9.58. The molecule has 4 nitrogen and oxygen atoms in total. The molecule has 43 heavy (non-hydrogen) atoms. The Labute approximate surface area is 261 Å². The molecule has 0 bridgehead atoms. The van der Waals surface area contributed by atoms with Gasteiger partial charge in [-0.2, -0.15) is 31.1 Å². The third-order valence-corrected chi connectivity index (χ3v) is 9.26. The number of halogens is 3. The van der Waals surface area contributed by atoms with Gasteiger partial charge in [-0.25, -0.2) is 0 Å². The summed E-state index contributed by atoms with van der Waals surface area (Å²) >= 11 is 3.53. The minimum absolute atomic E-state index is 0.0299. The minimum Gasteiger partial charge on any atom is -0.388 e. The molecule has 1 saturated carbocycles. The summed E-state index contributed by atoms with van der Waals surface area (Å²) < 4.78 is 40.4. The topological polar surface area (TPSA) is 77.1 Å². The van der Waals surface area contributed by atoms with Gasteiger partial charge in [-0.1, -0.05) is 66.9 Å². The van der Waals surface area contributed by atoms with Crippen molar-refractivity contribution in [2.45, 2.75) is 130 Å². The van der Waals surface area contributed by atoms with Gasteiger partial charge in [0, 0.05) is 22.9 Å². The molecule has 8 heteroatoms. The largest absolute Gasteiger partial charge is 0.417 e. The second kappa shape index (κ2) is 13.9. The van der Waals surface area contributed by atoms with Gasteiger partial charge in [0.25, 0.3) is 0 Å². The molecule has 1 heterocycles. The molecule has 1 aromatic carbocycles. The molecule has 3 unspecified atom stereocenters. The Morgan fingerprint density at radius 2 is 1.63 bits per heavy atom. The van der Waals surface area contributed by atoms with Crippen LogP contribution in [0, 0.1) is 22.2 Å². The van der Waals surface area contributed by atoms with E-state index in [1.165, 1.54) is 18.6 Å². The molecule has 0 aliphatic heterocycles. The molecule has 2 aromatic rings. The van der Waals surface area contributed by atoms with Crippen LogP contribution in [0.2, 0.25) is 0 Å². The van der Waals surface area contributed by atoms with Crippen molar-refractivity contribution in [3.63, 3.8) is 0 Å². The van der Waals surface area contributed by atoms with Crippen LogP contribution in [-0.2, 0) is 12.6 Å². The van der Waals surface area contributed by atoms with E-state index in [0.717, 1.165) is 66.2 Å². The lowest BCUT2D eigenvalue weighted by Crippen LogP contribution is -2.28. The van der Waals surface area contributed by atoms with Crippen LogP contribution in [0.5, 0.6) is 0 Å². The zero-order valence-electron chi connectivity index (χ0n) is 26.8. The van der Waals surface area contributed by atoms with Crippen molar-refractivity contribution in [3.05, 3.63) is 63.0 Å². The molecule has 238 valence electrons. The Morgan fingerprint density at radius 1 is 1.02 bits per heavy atom. The highest BCUT2D eigenvalue weighted by molar-refractivity contribution is 7.79. The van der Waals surface area contributed by atoms with Crippen LogP contribution >= 0.6 is 12.6 Å². The summed E-state index contributed by atoms with van der Waals surface area (Å²) in [5.74, 6) is -0.282. The fraction of sp³-hybridized carbons (Fsp3) is 0.657. The fourth-order valence-electron chi connectivity index (χ4n) is 6.30. The fourth-order valence-corrected chi connectivity index (χ4v) is 6.30. The number of nitrogens with zero attached hydrogens (tertiary/aromatic N) is 2. The number of fused-ring (bicyclic) bond motifs is 3. The molecular formula is C35H49F3N2O2S. The van der Waals surface area contributed by atoms with Gasteiger partial charge < -0.3 is 10.2 Å². The van der Waals surface area contributed by atoms with Crippen LogP contribution in [0.1, 0.15) is 162 Å². The number of alkyl halides is 3. The van der Waals surface area contributed by atoms with Crippen LogP contribution in [-0.4, -0.2) is 21.5 Å². The second-order valence-corrected chi connectivity index (χ2v) is 13.9. The average molecular weight is 619 g/mol.